The SMILES string of the molecule is CCNC(CC(C)(C)OC)c1cc2cccc(C)c2o1. The molecule has 110 valence electrons. The van der Waals surface area contributed by atoms with Crippen LogP contribution >= 0.6 is 0 Å². The van der Waals surface area contributed by atoms with Crippen molar-refractivity contribution in [2.45, 2.75) is 45.8 Å². The third-order valence-corrected chi connectivity index (χ3v) is 3.80. The first-order valence-electron chi connectivity index (χ1n) is 7.24. The summed E-state index contributed by atoms with van der Waals surface area (Å²) in [6.45, 7) is 9.30. The number of methoxy groups -OCH3 is 1. The molecule has 0 amide bonds. The maximum atomic E-state index is 6.09. The largest absolute Gasteiger partial charge is 0.459 e. The molecule has 0 aliphatic rings. The first-order chi connectivity index (χ1) is 9.46. The van der Waals surface area contributed by atoms with Crippen molar-refractivity contribution >= 4 is 11.0 Å². The Kier molecular flexibility index (Phi) is 4.51. The van der Waals surface area contributed by atoms with E-state index in [4.69, 9.17) is 9.15 Å². The third-order valence-electron chi connectivity index (χ3n) is 3.80. The van der Waals surface area contributed by atoms with E-state index in [-0.39, 0.29) is 11.6 Å². The quantitative estimate of drug-likeness (QED) is 0.857. The maximum absolute atomic E-state index is 6.09. The lowest BCUT2D eigenvalue weighted by Gasteiger charge is -2.28. The van der Waals surface area contributed by atoms with E-state index in [1.54, 1.807) is 7.11 Å². The topological polar surface area (TPSA) is 34.4 Å². The Morgan fingerprint density at radius 3 is 2.70 bits per heavy atom. The van der Waals surface area contributed by atoms with Gasteiger partial charge in [0.25, 0.3) is 0 Å². The monoisotopic (exact) mass is 275 g/mol. The van der Waals surface area contributed by atoms with Crippen LogP contribution in [-0.2, 0) is 4.74 Å². The Bertz CT molecular complexity index is 571. The molecule has 3 heteroatoms. The van der Waals surface area contributed by atoms with E-state index in [0.29, 0.717) is 0 Å². The summed E-state index contributed by atoms with van der Waals surface area (Å²) in [4.78, 5) is 0. The van der Waals surface area contributed by atoms with Crippen molar-refractivity contribution in [3.8, 4) is 0 Å². The fourth-order valence-electron chi connectivity index (χ4n) is 2.50. The molecule has 0 bridgehead atoms. The van der Waals surface area contributed by atoms with Gasteiger partial charge in [-0.05, 0) is 45.4 Å². The van der Waals surface area contributed by atoms with Gasteiger partial charge in [-0.1, -0.05) is 25.1 Å². The predicted octanol–water partition coefficient (Wildman–Crippen LogP) is 4.21. The fraction of sp³-hybridized carbons (Fsp3) is 0.529. The number of para-hydroxylation sites is 1. The summed E-state index contributed by atoms with van der Waals surface area (Å²) < 4.78 is 11.6. The van der Waals surface area contributed by atoms with Crippen molar-refractivity contribution in [1.82, 2.24) is 5.32 Å². The van der Waals surface area contributed by atoms with Crippen LogP contribution in [0.2, 0.25) is 0 Å². The van der Waals surface area contributed by atoms with Crippen LogP contribution in [0, 0.1) is 6.92 Å². The van der Waals surface area contributed by atoms with Gasteiger partial charge >= 0.3 is 0 Å². The second-order valence-electron chi connectivity index (χ2n) is 5.92. The van der Waals surface area contributed by atoms with Crippen LogP contribution in [0.25, 0.3) is 11.0 Å². The van der Waals surface area contributed by atoms with Crippen LogP contribution < -0.4 is 5.32 Å². The van der Waals surface area contributed by atoms with Gasteiger partial charge < -0.3 is 14.5 Å². The summed E-state index contributed by atoms with van der Waals surface area (Å²) in [6, 6.07) is 8.55. The van der Waals surface area contributed by atoms with E-state index in [0.717, 1.165) is 29.7 Å². The van der Waals surface area contributed by atoms with Crippen molar-refractivity contribution < 1.29 is 9.15 Å². The molecule has 1 N–H and O–H groups in total. The predicted molar refractivity (Wildman–Crippen MR) is 83.1 cm³/mol. The number of hydrogen-bond acceptors (Lipinski definition) is 3. The molecule has 0 radical (unpaired) electrons. The highest BCUT2D eigenvalue weighted by Gasteiger charge is 2.26. The lowest BCUT2D eigenvalue weighted by molar-refractivity contribution is 0.00529. The molecule has 3 nitrogen and oxygen atoms in total. The minimum absolute atomic E-state index is 0.168. The van der Waals surface area contributed by atoms with Crippen LogP contribution in [0.1, 0.15) is 44.6 Å². The summed E-state index contributed by atoms with van der Waals surface area (Å²) in [6.07, 6.45) is 0.871. The summed E-state index contributed by atoms with van der Waals surface area (Å²) in [5, 5.41) is 4.66. The first-order valence-corrected chi connectivity index (χ1v) is 7.24. The highest BCUT2D eigenvalue weighted by Crippen LogP contribution is 2.31. The molecule has 0 saturated carbocycles. The summed E-state index contributed by atoms with van der Waals surface area (Å²) in [5.41, 5.74) is 1.98. The van der Waals surface area contributed by atoms with E-state index >= 15 is 0 Å². The summed E-state index contributed by atoms with van der Waals surface area (Å²) in [5.74, 6) is 0.987. The average Bonchev–Trinajstić information content (AvgIpc) is 2.83. The summed E-state index contributed by atoms with van der Waals surface area (Å²) >= 11 is 0. The highest BCUT2D eigenvalue weighted by molar-refractivity contribution is 5.81. The number of hydrogen-bond donors (Lipinski definition) is 1. The molecule has 0 aliphatic heterocycles. The van der Waals surface area contributed by atoms with Gasteiger partial charge in [-0.25, -0.2) is 0 Å². The molecule has 0 saturated heterocycles. The Morgan fingerprint density at radius 1 is 1.35 bits per heavy atom. The average molecular weight is 275 g/mol. The second kappa shape index (κ2) is 5.98. The van der Waals surface area contributed by atoms with E-state index in [1.165, 1.54) is 5.56 Å². The maximum Gasteiger partial charge on any atom is 0.137 e. The molecule has 0 fully saturated rings. The zero-order valence-corrected chi connectivity index (χ0v) is 13.1. The standard InChI is InChI=1S/C17H25NO2/c1-6-18-14(11-17(3,4)19-5)15-10-13-9-7-8-12(2)16(13)20-15/h7-10,14,18H,6,11H2,1-5H3. The fourth-order valence-corrected chi connectivity index (χ4v) is 2.50. The molecule has 2 aromatic rings. The molecular formula is C17H25NO2. The van der Waals surface area contributed by atoms with Crippen molar-refractivity contribution in [2.75, 3.05) is 13.7 Å². The number of ether oxygens (including phenoxy) is 1. The number of fused-ring (bicyclic) bond motifs is 1. The van der Waals surface area contributed by atoms with E-state index in [2.05, 4.69) is 57.3 Å². The summed E-state index contributed by atoms with van der Waals surface area (Å²) in [7, 11) is 1.76. The molecule has 2 rings (SSSR count). The minimum Gasteiger partial charge on any atom is -0.459 e. The van der Waals surface area contributed by atoms with Gasteiger partial charge in [0.1, 0.15) is 11.3 Å². The molecule has 0 aliphatic carbocycles. The van der Waals surface area contributed by atoms with Gasteiger partial charge in [-0.3, -0.25) is 0 Å². The smallest absolute Gasteiger partial charge is 0.137 e. The Labute approximate surface area is 121 Å². The molecule has 1 aromatic carbocycles. The Hall–Kier alpha value is -1.32. The highest BCUT2D eigenvalue weighted by atomic mass is 16.5. The molecular weight excluding hydrogens is 250 g/mol. The molecule has 1 unspecified atom stereocenters. The normalized spacial score (nSPS) is 13.8. The van der Waals surface area contributed by atoms with Crippen molar-refractivity contribution in [2.24, 2.45) is 0 Å². The zero-order chi connectivity index (χ0) is 14.8. The zero-order valence-electron chi connectivity index (χ0n) is 13.1. The number of furan rings is 1. The van der Waals surface area contributed by atoms with Crippen LogP contribution in [0.5, 0.6) is 0 Å². The first kappa shape index (κ1) is 15.1. The van der Waals surface area contributed by atoms with Crippen molar-refractivity contribution in [3.63, 3.8) is 0 Å². The third kappa shape index (κ3) is 3.22. The van der Waals surface area contributed by atoms with Gasteiger partial charge in [0, 0.05) is 12.5 Å². The molecule has 1 aromatic heterocycles. The van der Waals surface area contributed by atoms with Crippen LogP contribution in [0.3, 0.4) is 0 Å². The van der Waals surface area contributed by atoms with Crippen molar-refractivity contribution in [1.29, 1.82) is 0 Å². The number of benzene rings is 1. The lowest BCUT2D eigenvalue weighted by Crippen LogP contribution is -2.31. The molecule has 1 atom stereocenters. The number of nitrogens with one attached hydrogen (secondary N) is 1. The van der Waals surface area contributed by atoms with Gasteiger partial charge in [0.15, 0.2) is 0 Å². The Morgan fingerprint density at radius 2 is 2.10 bits per heavy atom. The second-order valence-corrected chi connectivity index (χ2v) is 5.92. The van der Waals surface area contributed by atoms with Gasteiger partial charge in [0.2, 0.25) is 0 Å². The molecule has 20 heavy (non-hydrogen) atoms. The van der Waals surface area contributed by atoms with Gasteiger partial charge in [-0.15, -0.1) is 0 Å². The van der Waals surface area contributed by atoms with Gasteiger partial charge in [-0.2, -0.15) is 0 Å². The lowest BCUT2D eigenvalue weighted by atomic mass is 9.97. The molecule has 1 heterocycles. The van der Waals surface area contributed by atoms with Crippen LogP contribution in [0.4, 0.5) is 0 Å². The van der Waals surface area contributed by atoms with E-state index < -0.39 is 0 Å². The van der Waals surface area contributed by atoms with Crippen LogP contribution in [-0.4, -0.2) is 19.3 Å². The minimum atomic E-state index is -0.180. The van der Waals surface area contributed by atoms with E-state index in [1.807, 2.05) is 0 Å². The van der Waals surface area contributed by atoms with Gasteiger partial charge in [0.05, 0.1) is 11.6 Å². The Balaban J connectivity index is 2.34. The number of rotatable bonds is 6. The van der Waals surface area contributed by atoms with Crippen LogP contribution in [0.15, 0.2) is 28.7 Å². The molecule has 0 spiro atoms. The number of aryl methyl sites for hydroxylation is 1. The van der Waals surface area contributed by atoms with E-state index in [9.17, 15) is 0 Å². The van der Waals surface area contributed by atoms with Crippen molar-refractivity contribution in [3.05, 3.63) is 35.6 Å².